The minimum Gasteiger partial charge on any atom is -0.480 e. The molecular formula is C40H54N8O7. The molecule has 5 rings (SSSR count). The fourth-order valence-corrected chi connectivity index (χ4v) is 7.28. The van der Waals surface area contributed by atoms with E-state index in [9.17, 15) is 29.1 Å². The number of fused-ring (bicyclic) bond motifs is 1. The number of unbranched alkanes of at least 4 members (excludes halogenated alkanes) is 1. The Labute approximate surface area is 322 Å². The van der Waals surface area contributed by atoms with E-state index >= 15 is 0 Å². The van der Waals surface area contributed by atoms with Gasteiger partial charge in [0.2, 0.25) is 17.7 Å². The molecule has 0 saturated carbocycles. The number of carboxylic acids is 1. The highest BCUT2D eigenvalue weighted by Gasteiger charge is 2.45. The number of nitrogens with one attached hydrogen (secondary N) is 2. The van der Waals surface area contributed by atoms with E-state index in [4.69, 9.17) is 4.74 Å². The Balaban J connectivity index is 1.14. The number of aliphatic carboxylic acids is 1. The Kier molecular flexibility index (Phi) is 13.3. The van der Waals surface area contributed by atoms with Crippen LogP contribution in [0, 0.1) is 11.8 Å². The van der Waals surface area contributed by atoms with Crippen LogP contribution < -0.4 is 10.6 Å². The van der Waals surface area contributed by atoms with Crippen molar-refractivity contribution < 1.29 is 33.8 Å². The van der Waals surface area contributed by atoms with Crippen LogP contribution in [0.2, 0.25) is 0 Å². The first kappa shape index (κ1) is 40.8. The molecule has 0 spiro atoms. The quantitative estimate of drug-likeness (QED) is 0.193. The van der Waals surface area contributed by atoms with Crippen molar-refractivity contribution in [1.82, 2.24) is 40.6 Å². The zero-order valence-electron chi connectivity index (χ0n) is 32.6. The minimum absolute atomic E-state index is 0.0691. The monoisotopic (exact) mass is 758 g/mol. The molecule has 1 saturated heterocycles. The lowest BCUT2D eigenvalue weighted by Gasteiger charge is -2.31. The lowest BCUT2D eigenvalue weighted by Crippen LogP contribution is -2.58. The number of rotatable bonds is 15. The molecule has 2 aliphatic heterocycles. The maximum absolute atomic E-state index is 14.0. The Morgan fingerprint density at radius 2 is 1.58 bits per heavy atom. The van der Waals surface area contributed by atoms with Crippen molar-refractivity contribution >= 4 is 29.8 Å². The number of amides is 4. The van der Waals surface area contributed by atoms with Crippen molar-refractivity contribution in [3.63, 3.8) is 0 Å². The predicted molar refractivity (Wildman–Crippen MR) is 202 cm³/mol. The van der Waals surface area contributed by atoms with Crippen molar-refractivity contribution in [3.05, 3.63) is 77.1 Å². The molecule has 0 radical (unpaired) electrons. The molecule has 55 heavy (non-hydrogen) atoms. The van der Waals surface area contributed by atoms with Gasteiger partial charge in [0.15, 0.2) is 5.82 Å². The first-order chi connectivity index (χ1) is 26.2. The van der Waals surface area contributed by atoms with E-state index in [0.29, 0.717) is 44.6 Å². The average molecular weight is 759 g/mol. The van der Waals surface area contributed by atoms with Crippen molar-refractivity contribution in [1.29, 1.82) is 0 Å². The number of hydrogen-bond donors (Lipinski definition) is 3. The van der Waals surface area contributed by atoms with E-state index in [-0.39, 0.29) is 31.2 Å². The third kappa shape index (κ3) is 9.86. The lowest BCUT2D eigenvalue weighted by atomic mass is 9.94. The summed E-state index contributed by atoms with van der Waals surface area (Å²) in [7, 11) is 0. The van der Waals surface area contributed by atoms with E-state index < -0.39 is 59.6 Å². The summed E-state index contributed by atoms with van der Waals surface area (Å²) in [5.41, 5.74) is 2.80. The number of tetrazole rings is 1. The lowest BCUT2D eigenvalue weighted by molar-refractivity contribution is -0.150. The standard InChI is InChI=1S/C40H54N8O7/c1-25(2)34(41-33(49)19-13-12-18-32-43-44-45-48(32)40(5,6)29-16-8-7-9-17-29)36(50)42-35(26(3)4)37(51)47-24-30(22-31(47)38(52)53)55-39(54)46-21-20-27-14-10-11-15-28(27)23-46/h7-11,14-17,25-26,30-31,34-35H,12-13,18-24H2,1-6H3,(H,41,49)(H,42,50)(H,52,53)/t30?,31-,34-,35-/m0/s1. The molecule has 0 aliphatic carbocycles. The molecule has 1 fully saturated rings. The van der Waals surface area contributed by atoms with E-state index in [0.717, 1.165) is 11.1 Å². The van der Waals surface area contributed by atoms with Crippen molar-refractivity contribution in [3.8, 4) is 0 Å². The number of aryl methyl sites for hydroxylation is 1. The van der Waals surface area contributed by atoms with Gasteiger partial charge in [-0.05, 0) is 72.1 Å². The first-order valence-corrected chi connectivity index (χ1v) is 19.2. The zero-order valence-corrected chi connectivity index (χ0v) is 32.6. The van der Waals surface area contributed by atoms with Gasteiger partial charge in [-0.2, -0.15) is 0 Å². The average Bonchev–Trinajstić information content (AvgIpc) is 3.82. The van der Waals surface area contributed by atoms with Crippen LogP contribution >= 0.6 is 0 Å². The largest absolute Gasteiger partial charge is 0.480 e. The van der Waals surface area contributed by atoms with Gasteiger partial charge in [0.1, 0.15) is 24.2 Å². The number of carboxylic acid groups (broad SMARTS) is 1. The minimum atomic E-state index is -1.24. The molecule has 4 amide bonds. The summed E-state index contributed by atoms with van der Waals surface area (Å²) in [5, 5.41) is 28.0. The molecule has 2 aromatic carbocycles. The predicted octanol–water partition coefficient (Wildman–Crippen LogP) is 3.70. The maximum atomic E-state index is 14.0. The summed E-state index contributed by atoms with van der Waals surface area (Å²) in [6.45, 7) is 11.9. The Morgan fingerprint density at radius 1 is 0.909 bits per heavy atom. The SMILES string of the molecule is CC(C)[C@H](NC(=O)CCCCc1nnnn1C(C)(C)c1ccccc1)C(=O)N[C@H](C(=O)N1CC(OC(=O)N2CCc3ccccc3C2)C[C@H]1C(=O)O)C(C)C. The topological polar surface area (TPSA) is 189 Å². The van der Waals surface area contributed by atoms with Crippen LogP contribution in [0.3, 0.4) is 0 Å². The van der Waals surface area contributed by atoms with Gasteiger partial charge in [0.05, 0.1) is 12.1 Å². The number of benzene rings is 2. The molecular weight excluding hydrogens is 704 g/mol. The molecule has 15 heteroatoms. The van der Waals surface area contributed by atoms with Crippen LogP contribution in [0.25, 0.3) is 0 Å². The third-order valence-electron chi connectivity index (χ3n) is 10.6. The Bertz CT molecular complexity index is 1830. The molecule has 296 valence electrons. The molecule has 2 aliphatic rings. The van der Waals surface area contributed by atoms with Gasteiger partial charge in [-0.15, -0.1) is 5.10 Å². The van der Waals surface area contributed by atoms with Gasteiger partial charge in [-0.25, -0.2) is 14.3 Å². The highest BCUT2D eigenvalue weighted by atomic mass is 16.6. The first-order valence-electron chi connectivity index (χ1n) is 19.2. The Morgan fingerprint density at radius 3 is 2.25 bits per heavy atom. The summed E-state index contributed by atoms with van der Waals surface area (Å²) in [4.78, 5) is 68.9. The Hall–Kier alpha value is -5.34. The summed E-state index contributed by atoms with van der Waals surface area (Å²) in [5.74, 6) is -2.67. The fraction of sp³-hybridized carbons (Fsp3) is 0.550. The number of hydrogen-bond acceptors (Lipinski definition) is 9. The van der Waals surface area contributed by atoms with Crippen molar-refractivity contribution in [2.45, 2.75) is 116 Å². The van der Waals surface area contributed by atoms with Gasteiger partial charge in [0.25, 0.3) is 0 Å². The van der Waals surface area contributed by atoms with E-state index in [1.165, 1.54) is 10.5 Å². The molecule has 1 unspecified atom stereocenters. The molecule has 3 aromatic rings. The second-order valence-electron chi connectivity index (χ2n) is 15.7. The highest BCUT2D eigenvalue weighted by Crippen LogP contribution is 2.27. The molecule has 3 heterocycles. The zero-order chi connectivity index (χ0) is 39.9. The molecule has 0 bridgehead atoms. The van der Waals surface area contributed by atoms with E-state index in [2.05, 4.69) is 26.2 Å². The smallest absolute Gasteiger partial charge is 0.410 e. The number of aromatic nitrogens is 4. The summed E-state index contributed by atoms with van der Waals surface area (Å²) < 4.78 is 7.55. The molecule has 4 atom stereocenters. The maximum Gasteiger partial charge on any atom is 0.410 e. The van der Waals surface area contributed by atoms with Crippen molar-refractivity contribution in [2.24, 2.45) is 11.8 Å². The van der Waals surface area contributed by atoms with Gasteiger partial charge in [0, 0.05) is 32.4 Å². The number of carbonyl (C=O) groups is 5. The third-order valence-corrected chi connectivity index (χ3v) is 10.6. The summed E-state index contributed by atoms with van der Waals surface area (Å²) in [6, 6.07) is 14.6. The molecule has 1 aromatic heterocycles. The summed E-state index contributed by atoms with van der Waals surface area (Å²) in [6.07, 6.45) is 1.13. The fourth-order valence-electron chi connectivity index (χ4n) is 7.28. The van der Waals surface area contributed by atoms with Crippen LogP contribution in [0.4, 0.5) is 4.79 Å². The second-order valence-corrected chi connectivity index (χ2v) is 15.7. The van der Waals surface area contributed by atoms with Crippen LogP contribution in [0.15, 0.2) is 54.6 Å². The van der Waals surface area contributed by atoms with Gasteiger partial charge in [-0.3, -0.25) is 14.4 Å². The van der Waals surface area contributed by atoms with Crippen molar-refractivity contribution in [2.75, 3.05) is 13.1 Å². The van der Waals surface area contributed by atoms with Gasteiger partial charge in [-0.1, -0.05) is 82.3 Å². The van der Waals surface area contributed by atoms with Gasteiger partial charge < -0.3 is 30.3 Å². The normalized spacial score (nSPS) is 18.1. The van der Waals surface area contributed by atoms with Crippen LogP contribution in [0.5, 0.6) is 0 Å². The number of likely N-dealkylation sites (tertiary alicyclic amines) is 1. The van der Waals surface area contributed by atoms with Crippen LogP contribution in [-0.4, -0.2) is 102 Å². The highest BCUT2D eigenvalue weighted by molar-refractivity contribution is 5.94. The summed E-state index contributed by atoms with van der Waals surface area (Å²) >= 11 is 0. The molecule has 3 N–H and O–H groups in total. The number of carbonyl (C=O) groups excluding carboxylic acids is 4. The van der Waals surface area contributed by atoms with Gasteiger partial charge >= 0.3 is 12.1 Å². The van der Waals surface area contributed by atoms with Crippen LogP contribution in [-0.2, 0) is 48.8 Å². The van der Waals surface area contributed by atoms with Crippen LogP contribution in [0.1, 0.15) is 89.7 Å². The molecule has 15 nitrogen and oxygen atoms in total. The van der Waals surface area contributed by atoms with E-state index in [1.807, 2.05) is 68.4 Å². The number of ether oxygens (including phenoxy) is 1. The second kappa shape index (κ2) is 17.9. The number of nitrogens with zero attached hydrogens (tertiary/aromatic N) is 6. The van der Waals surface area contributed by atoms with E-state index in [1.54, 1.807) is 37.3 Å².